The summed E-state index contributed by atoms with van der Waals surface area (Å²) in [5.41, 5.74) is 0.285. The van der Waals surface area contributed by atoms with Crippen molar-refractivity contribution in [1.82, 2.24) is 0 Å². The molecule has 8 heteroatoms. The summed E-state index contributed by atoms with van der Waals surface area (Å²) in [6.07, 6.45) is 4.11. The Morgan fingerprint density at radius 2 is 1.29 bits per heavy atom. The molecule has 0 aliphatic heterocycles. The van der Waals surface area contributed by atoms with Crippen molar-refractivity contribution >= 4 is 23.9 Å². The summed E-state index contributed by atoms with van der Waals surface area (Å²) in [5.74, 6) is -4.75. The van der Waals surface area contributed by atoms with Crippen molar-refractivity contribution in [2.24, 2.45) is 5.92 Å². The molecule has 1 rings (SSSR count). The average molecular weight is 394 g/mol. The Morgan fingerprint density at radius 1 is 0.750 bits per heavy atom. The minimum absolute atomic E-state index is 0.00993. The molecule has 0 aliphatic rings. The van der Waals surface area contributed by atoms with E-state index >= 15 is 0 Å². The van der Waals surface area contributed by atoms with Crippen LogP contribution in [0.5, 0.6) is 0 Å². The third kappa shape index (κ3) is 7.77. The average Bonchev–Trinajstić information content (AvgIpc) is 2.61. The maximum atomic E-state index is 11.3. The number of aliphatic carboxylic acids is 2. The normalized spacial score (nSPS) is 11.7. The van der Waals surface area contributed by atoms with Gasteiger partial charge in [-0.15, -0.1) is 0 Å². The van der Waals surface area contributed by atoms with E-state index in [9.17, 15) is 34.5 Å². The second-order valence-corrected chi connectivity index (χ2v) is 6.72. The molecule has 8 nitrogen and oxygen atoms in total. The Kier molecular flexibility index (Phi) is 9.70. The first-order valence-corrected chi connectivity index (χ1v) is 9.27. The summed E-state index contributed by atoms with van der Waals surface area (Å²) in [6.45, 7) is 0. The molecule has 1 aromatic carbocycles. The monoisotopic (exact) mass is 394 g/mol. The van der Waals surface area contributed by atoms with Crippen molar-refractivity contribution < 1.29 is 39.6 Å². The van der Waals surface area contributed by atoms with Crippen LogP contribution in [0.2, 0.25) is 0 Å². The summed E-state index contributed by atoms with van der Waals surface area (Å²) in [6, 6.07) is 4.18. The maximum absolute atomic E-state index is 11.3. The van der Waals surface area contributed by atoms with E-state index in [0.29, 0.717) is 50.5 Å². The largest absolute Gasteiger partial charge is 0.481 e. The van der Waals surface area contributed by atoms with Gasteiger partial charge in [-0.1, -0.05) is 25.3 Å². The zero-order valence-electron chi connectivity index (χ0n) is 15.6. The molecule has 0 aliphatic carbocycles. The van der Waals surface area contributed by atoms with Crippen LogP contribution in [0.15, 0.2) is 18.2 Å². The molecule has 0 spiro atoms. The van der Waals surface area contributed by atoms with Crippen molar-refractivity contribution in [2.75, 3.05) is 0 Å². The number of hydrogen-bond acceptors (Lipinski definition) is 4. The van der Waals surface area contributed by atoms with Gasteiger partial charge in [0.25, 0.3) is 0 Å². The van der Waals surface area contributed by atoms with E-state index in [2.05, 4.69) is 0 Å². The molecule has 1 atom stereocenters. The Morgan fingerprint density at radius 3 is 1.79 bits per heavy atom. The molecule has 28 heavy (non-hydrogen) atoms. The van der Waals surface area contributed by atoms with E-state index in [4.69, 9.17) is 5.11 Å². The van der Waals surface area contributed by atoms with Gasteiger partial charge in [-0.3, -0.25) is 9.59 Å². The number of unbranched alkanes of at least 4 members (excludes halogenated alkanes) is 3. The lowest BCUT2D eigenvalue weighted by molar-refractivity contribution is -0.143. The van der Waals surface area contributed by atoms with Crippen molar-refractivity contribution in [3.8, 4) is 0 Å². The highest BCUT2D eigenvalue weighted by Gasteiger charge is 2.18. The lowest BCUT2D eigenvalue weighted by atomic mass is 9.93. The summed E-state index contributed by atoms with van der Waals surface area (Å²) in [4.78, 5) is 44.4. The van der Waals surface area contributed by atoms with Crippen LogP contribution in [0.1, 0.15) is 77.6 Å². The van der Waals surface area contributed by atoms with Gasteiger partial charge < -0.3 is 20.4 Å². The summed E-state index contributed by atoms with van der Waals surface area (Å²) in [5, 5.41) is 36.3. The van der Waals surface area contributed by atoms with Crippen molar-refractivity contribution in [3.63, 3.8) is 0 Å². The van der Waals surface area contributed by atoms with Crippen molar-refractivity contribution in [3.05, 3.63) is 34.9 Å². The number of hydrogen-bond donors (Lipinski definition) is 4. The number of rotatable bonds is 14. The molecular formula is C20H26O8. The molecule has 0 saturated heterocycles. The Labute approximate surface area is 162 Å². The molecule has 1 unspecified atom stereocenters. The molecule has 0 bridgehead atoms. The van der Waals surface area contributed by atoms with E-state index in [-0.39, 0.29) is 17.5 Å². The van der Waals surface area contributed by atoms with E-state index in [1.807, 2.05) is 0 Å². The Bertz CT molecular complexity index is 678. The standard InChI is InChI=1S/C20H26O8/c21-17(22)12-5-8-13(18(23)24)7-3-1-2-4-9-14-15(19(25)26)10-6-11-16(14)20(27)28/h6,10-11,13H,1-5,7-9,12H2,(H,21,22)(H,23,24)(H,25,26)(H,27,28). The van der Waals surface area contributed by atoms with Gasteiger partial charge in [0, 0.05) is 6.42 Å². The van der Waals surface area contributed by atoms with Crippen LogP contribution >= 0.6 is 0 Å². The number of carboxylic acid groups (broad SMARTS) is 4. The van der Waals surface area contributed by atoms with Gasteiger partial charge in [0.2, 0.25) is 0 Å². The number of aromatic carboxylic acids is 2. The van der Waals surface area contributed by atoms with Gasteiger partial charge in [-0.05, 0) is 49.8 Å². The summed E-state index contributed by atoms with van der Waals surface area (Å²) >= 11 is 0. The fraction of sp³-hybridized carbons (Fsp3) is 0.500. The maximum Gasteiger partial charge on any atom is 0.335 e. The minimum Gasteiger partial charge on any atom is -0.481 e. The number of benzene rings is 1. The van der Waals surface area contributed by atoms with Gasteiger partial charge in [-0.2, -0.15) is 0 Å². The molecule has 0 radical (unpaired) electrons. The van der Waals surface area contributed by atoms with Crippen LogP contribution in [0.4, 0.5) is 0 Å². The molecule has 0 heterocycles. The van der Waals surface area contributed by atoms with E-state index in [0.717, 1.165) is 6.42 Å². The Hall–Kier alpha value is -2.90. The molecule has 1 aromatic rings. The highest BCUT2D eigenvalue weighted by Crippen LogP contribution is 2.21. The topological polar surface area (TPSA) is 149 Å². The predicted molar refractivity (Wildman–Crippen MR) is 99.8 cm³/mol. The quantitative estimate of drug-likeness (QED) is 0.350. The van der Waals surface area contributed by atoms with Crippen LogP contribution in [0.25, 0.3) is 0 Å². The van der Waals surface area contributed by atoms with Crippen molar-refractivity contribution in [2.45, 2.75) is 57.8 Å². The minimum atomic E-state index is -1.16. The van der Waals surface area contributed by atoms with Gasteiger partial charge in [0.05, 0.1) is 17.0 Å². The van der Waals surface area contributed by atoms with Gasteiger partial charge in [-0.25, -0.2) is 9.59 Å². The SMILES string of the molecule is O=C(O)CCCC(CCCCCCc1c(C(=O)O)cccc1C(=O)O)C(=O)O. The number of carbonyl (C=O) groups is 4. The fourth-order valence-corrected chi connectivity index (χ4v) is 3.19. The molecule has 0 fully saturated rings. The van der Waals surface area contributed by atoms with E-state index in [1.165, 1.54) is 18.2 Å². The summed E-state index contributed by atoms with van der Waals surface area (Å²) in [7, 11) is 0. The first-order chi connectivity index (χ1) is 13.2. The van der Waals surface area contributed by atoms with E-state index < -0.39 is 29.8 Å². The second-order valence-electron chi connectivity index (χ2n) is 6.72. The zero-order valence-corrected chi connectivity index (χ0v) is 15.6. The summed E-state index contributed by atoms with van der Waals surface area (Å²) < 4.78 is 0. The van der Waals surface area contributed by atoms with Crippen LogP contribution in [-0.2, 0) is 16.0 Å². The zero-order chi connectivity index (χ0) is 21.1. The third-order valence-electron chi connectivity index (χ3n) is 4.66. The highest BCUT2D eigenvalue weighted by molar-refractivity contribution is 5.96. The van der Waals surface area contributed by atoms with Crippen LogP contribution in [-0.4, -0.2) is 44.3 Å². The molecule has 0 saturated carbocycles. The second kappa shape index (κ2) is 11.7. The molecular weight excluding hydrogens is 368 g/mol. The first kappa shape index (κ1) is 23.1. The fourth-order valence-electron chi connectivity index (χ4n) is 3.19. The smallest absolute Gasteiger partial charge is 0.335 e. The molecule has 0 aromatic heterocycles. The van der Waals surface area contributed by atoms with Gasteiger partial charge in [0.15, 0.2) is 0 Å². The van der Waals surface area contributed by atoms with Gasteiger partial charge in [0.1, 0.15) is 0 Å². The van der Waals surface area contributed by atoms with Crippen LogP contribution < -0.4 is 0 Å². The lowest BCUT2D eigenvalue weighted by Gasteiger charge is -2.12. The molecule has 4 N–H and O–H groups in total. The first-order valence-electron chi connectivity index (χ1n) is 9.27. The third-order valence-corrected chi connectivity index (χ3v) is 4.66. The van der Waals surface area contributed by atoms with E-state index in [1.54, 1.807) is 0 Å². The molecule has 154 valence electrons. The van der Waals surface area contributed by atoms with Gasteiger partial charge >= 0.3 is 23.9 Å². The van der Waals surface area contributed by atoms with Crippen molar-refractivity contribution in [1.29, 1.82) is 0 Å². The highest BCUT2D eigenvalue weighted by atomic mass is 16.4. The lowest BCUT2D eigenvalue weighted by Crippen LogP contribution is -2.14. The number of carboxylic acids is 4. The Balaban J connectivity index is 2.47. The predicted octanol–water partition coefficient (Wildman–Crippen LogP) is 3.53. The van der Waals surface area contributed by atoms with Crippen LogP contribution in [0.3, 0.4) is 0 Å². The molecule has 0 amide bonds. The van der Waals surface area contributed by atoms with Crippen LogP contribution in [0, 0.1) is 5.92 Å².